The van der Waals surface area contributed by atoms with Crippen LogP contribution in [-0.2, 0) is 11.3 Å². The van der Waals surface area contributed by atoms with Gasteiger partial charge >= 0.3 is 0 Å². The standard InChI is InChI=1S/C13H19N3O/c1-15-13(17)12-3-2-8-16(12)9-10-4-6-11(14)7-5-10/h4-7,12H,2-3,8-9,14H2,1H3,(H,15,17). The second-order valence-electron chi connectivity index (χ2n) is 4.48. The number of carbonyl (C=O) groups is 1. The lowest BCUT2D eigenvalue weighted by Crippen LogP contribution is -2.41. The molecule has 92 valence electrons. The van der Waals surface area contributed by atoms with Crippen LogP contribution in [0.4, 0.5) is 5.69 Å². The Morgan fingerprint density at radius 1 is 1.47 bits per heavy atom. The van der Waals surface area contributed by atoms with Crippen molar-refractivity contribution in [2.24, 2.45) is 0 Å². The summed E-state index contributed by atoms with van der Waals surface area (Å²) in [5.74, 6) is 0.123. The van der Waals surface area contributed by atoms with E-state index in [4.69, 9.17) is 5.73 Å². The van der Waals surface area contributed by atoms with E-state index in [1.165, 1.54) is 5.56 Å². The van der Waals surface area contributed by atoms with Gasteiger partial charge in [0.25, 0.3) is 0 Å². The van der Waals surface area contributed by atoms with Crippen molar-refractivity contribution in [3.05, 3.63) is 29.8 Å². The lowest BCUT2D eigenvalue weighted by atomic mass is 10.1. The molecule has 1 saturated heterocycles. The highest BCUT2D eigenvalue weighted by molar-refractivity contribution is 5.81. The van der Waals surface area contributed by atoms with Gasteiger partial charge in [0, 0.05) is 19.3 Å². The summed E-state index contributed by atoms with van der Waals surface area (Å²) in [7, 11) is 1.70. The zero-order valence-electron chi connectivity index (χ0n) is 10.1. The Labute approximate surface area is 102 Å². The number of hydrogen-bond donors (Lipinski definition) is 2. The van der Waals surface area contributed by atoms with Crippen LogP contribution in [0.25, 0.3) is 0 Å². The van der Waals surface area contributed by atoms with Gasteiger partial charge in [0.1, 0.15) is 0 Å². The van der Waals surface area contributed by atoms with Crippen LogP contribution >= 0.6 is 0 Å². The maximum Gasteiger partial charge on any atom is 0.237 e. The number of nitrogens with zero attached hydrogens (tertiary/aromatic N) is 1. The molecule has 4 heteroatoms. The van der Waals surface area contributed by atoms with Crippen molar-refractivity contribution in [3.63, 3.8) is 0 Å². The van der Waals surface area contributed by atoms with Crippen LogP contribution < -0.4 is 11.1 Å². The van der Waals surface area contributed by atoms with Gasteiger partial charge in [0.15, 0.2) is 0 Å². The molecule has 1 aliphatic rings. The summed E-state index contributed by atoms with van der Waals surface area (Å²) in [6.07, 6.45) is 2.04. The fraction of sp³-hybridized carbons (Fsp3) is 0.462. The van der Waals surface area contributed by atoms with Gasteiger partial charge in [-0.2, -0.15) is 0 Å². The fourth-order valence-corrected chi connectivity index (χ4v) is 2.34. The van der Waals surface area contributed by atoms with Crippen LogP contribution in [-0.4, -0.2) is 30.4 Å². The number of nitrogen functional groups attached to an aromatic ring is 1. The van der Waals surface area contributed by atoms with Gasteiger partial charge in [-0.05, 0) is 37.1 Å². The molecular weight excluding hydrogens is 214 g/mol. The average molecular weight is 233 g/mol. The van der Waals surface area contributed by atoms with E-state index in [0.717, 1.165) is 31.6 Å². The van der Waals surface area contributed by atoms with Crippen molar-refractivity contribution >= 4 is 11.6 Å². The molecule has 1 amide bonds. The SMILES string of the molecule is CNC(=O)C1CCCN1Cc1ccc(N)cc1. The number of likely N-dealkylation sites (tertiary alicyclic amines) is 1. The highest BCUT2D eigenvalue weighted by Crippen LogP contribution is 2.20. The van der Waals surface area contributed by atoms with E-state index in [1.54, 1.807) is 7.05 Å². The minimum absolute atomic E-state index is 0.0255. The number of rotatable bonds is 3. The molecule has 1 aromatic carbocycles. The molecule has 0 aliphatic carbocycles. The minimum atomic E-state index is 0.0255. The minimum Gasteiger partial charge on any atom is -0.399 e. The summed E-state index contributed by atoms with van der Waals surface area (Å²) in [6.45, 7) is 1.81. The Balaban J connectivity index is 2.02. The molecule has 3 N–H and O–H groups in total. The maximum absolute atomic E-state index is 11.7. The van der Waals surface area contributed by atoms with E-state index >= 15 is 0 Å². The number of hydrogen-bond acceptors (Lipinski definition) is 3. The molecule has 1 aliphatic heterocycles. The molecule has 1 unspecified atom stereocenters. The first-order valence-corrected chi connectivity index (χ1v) is 6.01. The Morgan fingerprint density at radius 2 is 2.18 bits per heavy atom. The van der Waals surface area contributed by atoms with Crippen molar-refractivity contribution in [2.45, 2.75) is 25.4 Å². The van der Waals surface area contributed by atoms with Gasteiger partial charge in [-0.3, -0.25) is 9.69 Å². The zero-order valence-corrected chi connectivity index (χ0v) is 10.1. The molecule has 2 rings (SSSR count). The quantitative estimate of drug-likeness (QED) is 0.765. The monoisotopic (exact) mass is 233 g/mol. The zero-order chi connectivity index (χ0) is 12.3. The molecule has 1 heterocycles. The van der Waals surface area contributed by atoms with E-state index in [-0.39, 0.29) is 11.9 Å². The highest BCUT2D eigenvalue weighted by atomic mass is 16.2. The van der Waals surface area contributed by atoms with Crippen molar-refractivity contribution in [2.75, 3.05) is 19.3 Å². The summed E-state index contributed by atoms with van der Waals surface area (Å²) in [5, 5.41) is 2.73. The summed E-state index contributed by atoms with van der Waals surface area (Å²) < 4.78 is 0. The number of anilines is 1. The van der Waals surface area contributed by atoms with Gasteiger partial charge in [-0.25, -0.2) is 0 Å². The lowest BCUT2D eigenvalue weighted by molar-refractivity contribution is -0.125. The van der Waals surface area contributed by atoms with E-state index in [9.17, 15) is 4.79 Å². The van der Waals surface area contributed by atoms with Crippen LogP contribution in [0, 0.1) is 0 Å². The summed E-state index contributed by atoms with van der Waals surface area (Å²) in [5.41, 5.74) is 7.63. The first-order chi connectivity index (χ1) is 8.20. The van der Waals surface area contributed by atoms with Crippen LogP contribution in [0.1, 0.15) is 18.4 Å². The van der Waals surface area contributed by atoms with E-state index < -0.39 is 0 Å². The Kier molecular flexibility index (Phi) is 3.64. The first kappa shape index (κ1) is 11.9. The Morgan fingerprint density at radius 3 is 2.82 bits per heavy atom. The third-order valence-corrected chi connectivity index (χ3v) is 3.28. The molecule has 0 radical (unpaired) electrons. The Hall–Kier alpha value is -1.55. The number of amides is 1. The predicted octanol–water partition coefficient (Wildman–Crippen LogP) is 0.979. The van der Waals surface area contributed by atoms with Crippen LogP contribution in [0.15, 0.2) is 24.3 Å². The topological polar surface area (TPSA) is 58.4 Å². The van der Waals surface area contributed by atoms with Crippen molar-refractivity contribution in [1.29, 1.82) is 0 Å². The highest BCUT2D eigenvalue weighted by Gasteiger charge is 2.29. The van der Waals surface area contributed by atoms with Crippen molar-refractivity contribution < 1.29 is 4.79 Å². The molecule has 1 atom stereocenters. The molecule has 0 bridgehead atoms. The summed E-state index contributed by atoms with van der Waals surface area (Å²) in [6, 6.07) is 7.88. The number of nitrogens with two attached hydrogens (primary N) is 1. The molecule has 1 fully saturated rings. The smallest absolute Gasteiger partial charge is 0.237 e. The number of nitrogens with one attached hydrogen (secondary N) is 1. The van der Waals surface area contributed by atoms with Crippen LogP contribution in [0.3, 0.4) is 0 Å². The van der Waals surface area contributed by atoms with E-state index in [1.807, 2.05) is 24.3 Å². The normalized spacial score (nSPS) is 20.4. The largest absolute Gasteiger partial charge is 0.399 e. The van der Waals surface area contributed by atoms with Crippen LogP contribution in [0.5, 0.6) is 0 Å². The van der Waals surface area contributed by atoms with Crippen molar-refractivity contribution in [3.8, 4) is 0 Å². The van der Waals surface area contributed by atoms with Gasteiger partial charge in [0.05, 0.1) is 6.04 Å². The second kappa shape index (κ2) is 5.19. The number of carbonyl (C=O) groups excluding carboxylic acids is 1. The fourth-order valence-electron chi connectivity index (χ4n) is 2.34. The molecule has 0 aromatic heterocycles. The third-order valence-electron chi connectivity index (χ3n) is 3.28. The van der Waals surface area contributed by atoms with Crippen molar-refractivity contribution in [1.82, 2.24) is 10.2 Å². The second-order valence-corrected chi connectivity index (χ2v) is 4.48. The maximum atomic E-state index is 11.7. The average Bonchev–Trinajstić information content (AvgIpc) is 2.79. The third kappa shape index (κ3) is 2.77. The van der Waals surface area contributed by atoms with E-state index in [2.05, 4.69) is 10.2 Å². The molecular formula is C13H19N3O. The Bertz CT molecular complexity index is 388. The van der Waals surface area contributed by atoms with E-state index in [0.29, 0.717) is 0 Å². The molecule has 4 nitrogen and oxygen atoms in total. The predicted molar refractivity (Wildman–Crippen MR) is 68.4 cm³/mol. The van der Waals surface area contributed by atoms with Gasteiger partial charge in [0.2, 0.25) is 5.91 Å². The summed E-state index contributed by atoms with van der Waals surface area (Å²) >= 11 is 0. The van der Waals surface area contributed by atoms with Gasteiger partial charge < -0.3 is 11.1 Å². The summed E-state index contributed by atoms with van der Waals surface area (Å²) in [4.78, 5) is 13.9. The number of benzene rings is 1. The van der Waals surface area contributed by atoms with Gasteiger partial charge in [-0.1, -0.05) is 12.1 Å². The van der Waals surface area contributed by atoms with Gasteiger partial charge in [-0.15, -0.1) is 0 Å². The molecule has 17 heavy (non-hydrogen) atoms. The molecule has 0 saturated carbocycles. The number of likely N-dealkylation sites (N-methyl/N-ethyl adjacent to an activating group) is 1. The molecule has 1 aromatic rings. The van der Waals surface area contributed by atoms with Crippen LogP contribution in [0.2, 0.25) is 0 Å². The first-order valence-electron chi connectivity index (χ1n) is 6.01. The lowest BCUT2D eigenvalue weighted by Gasteiger charge is -2.23. The molecule has 0 spiro atoms.